The molecule has 9 heteroatoms. The van der Waals surface area contributed by atoms with Crippen molar-refractivity contribution >= 4 is 41.2 Å². The van der Waals surface area contributed by atoms with Crippen molar-refractivity contribution < 1.29 is 9.53 Å². The number of aromatic nitrogens is 3. The zero-order chi connectivity index (χ0) is 14.5. The first kappa shape index (κ1) is 15.4. The molecule has 0 radical (unpaired) electrons. The molecule has 0 spiro atoms. The molecule has 2 aromatic heterocycles. The van der Waals surface area contributed by atoms with Gasteiger partial charge in [-0.15, -0.1) is 11.3 Å². The van der Waals surface area contributed by atoms with Gasteiger partial charge >= 0.3 is 5.97 Å². The van der Waals surface area contributed by atoms with Gasteiger partial charge in [-0.3, -0.25) is 0 Å². The van der Waals surface area contributed by atoms with E-state index < -0.39 is 0 Å². The van der Waals surface area contributed by atoms with Crippen LogP contribution in [0.5, 0.6) is 0 Å². The Hall–Kier alpha value is -1.03. The lowest BCUT2D eigenvalue weighted by atomic mass is 10.5. The third kappa shape index (κ3) is 3.98. The van der Waals surface area contributed by atoms with Gasteiger partial charge in [0.15, 0.2) is 10.0 Å². The molecule has 2 aromatic rings. The van der Waals surface area contributed by atoms with Crippen LogP contribution < -0.4 is 0 Å². The normalized spacial score (nSPS) is 11.0. The van der Waals surface area contributed by atoms with E-state index in [9.17, 15) is 4.79 Å². The summed E-state index contributed by atoms with van der Waals surface area (Å²) in [6.45, 7) is 2.13. The van der Waals surface area contributed by atoms with Crippen LogP contribution in [0.4, 0.5) is 0 Å². The molecular formula is C11H14N4O2S3. The second-order valence-electron chi connectivity index (χ2n) is 3.76. The number of thiazole rings is 1. The lowest BCUT2D eigenvalue weighted by Crippen LogP contribution is -2.06. The molecular weight excluding hydrogens is 316 g/mol. The Morgan fingerprint density at radius 2 is 2.35 bits per heavy atom. The van der Waals surface area contributed by atoms with E-state index >= 15 is 0 Å². The molecule has 0 aliphatic carbocycles. The molecule has 0 aliphatic heterocycles. The monoisotopic (exact) mass is 330 g/mol. The van der Waals surface area contributed by atoms with Crippen molar-refractivity contribution in [2.24, 2.45) is 0 Å². The van der Waals surface area contributed by atoms with Crippen LogP contribution in [0.2, 0.25) is 0 Å². The minimum absolute atomic E-state index is 0.352. The second-order valence-corrected chi connectivity index (χ2v) is 7.12. The second kappa shape index (κ2) is 7.11. The molecule has 0 aliphatic rings. The number of hydrogen-bond donors (Lipinski definition) is 0. The highest BCUT2D eigenvalue weighted by Crippen LogP contribution is 2.32. The Labute approximate surface area is 129 Å². The van der Waals surface area contributed by atoms with Crippen LogP contribution in [0, 0.1) is 0 Å². The van der Waals surface area contributed by atoms with E-state index in [0.29, 0.717) is 12.3 Å². The van der Waals surface area contributed by atoms with Crippen molar-refractivity contribution in [2.75, 3.05) is 20.7 Å². The molecule has 20 heavy (non-hydrogen) atoms. The smallest absolute Gasteiger partial charge is 0.357 e. The molecule has 0 saturated heterocycles. The van der Waals surface area contributed by atoms with Gasteiger partial charge in [-0.05, 0) is 38.8 Å². The first-order valence-corrected chi connectivity index (χ1v) is 8.23. The summed E-state index contributed by atoms with van der Waals surface area (Å²) in [4.78, 5) is 15.8. The average Bonchev–Trinajstić information content (AvgIpc) is 3.00. The zero-order valence-corrected chi connectivity index (χ0v) is 13.7. The highest BCUT2D eigenvalue weighted by atomic mass is 32.2. The molecule has 0 fully saturated rings. The molecule has 0 amide bonds. The molecule has 2 heterocycles. The maximum Gasteiger partial charge on any atom is 0.357 e. The minimum atomic E-state index is -0.383. The van der Waals surface area contributed by atoms with Crippen LogP contribution in [-0.4, -0.2) is 45.1 Å². The summed E-state index contributed by atoms with van der Waals surface area (Å²) in [5.41, 5.74) is 0.352. The Morgan fingerprint density at radius 3 is 3.05 bits per heavy atom. The van der Waals surface area contributed by atoms with E-state index in [-0.39, 0.29) is 5.97 Å². The van der Waals surface area contributed by atoms with Crippen LogP contribution in [0.25, 0.3) is 0 Å². The SMILES string of the molecule is CCOC(=O)c1csc(Sc2ccnn2SN(C)C)n1. The number of carbonyl (C=O) groups is 1. The number of carbonyl (C=O) groups excluding carboxylic acids is 1. The van der Waals surface area contributed by atoms with E-state index in [1.807, 2.05) is 24.5 Å². The summed E-state index contributed by atoms with van der Waals surface area (Å²) in [5, 5.41) is 6.89. The lowest BCUT2D eigenvalue weighted by molar-refractivity contribution is 0.0520. The predicted molar refractivity (Wildman–Crippen MR) is 81.1 cm³/mol. The summed E-state index contributed by atoms with van der Waals surface area (Å²) in [5.74, 6) is -0.383. The standard InChI is InChI=1S/C11H14N4O2S3/c1-4-17-10(16)8-7-18-11(13-8)19-9-5-6-12-15(9)20-14(2)3/h5-7H,4H2,1-3H3. The maximum atomic E-state index is 11.6. The average molecular weight is 330 g/mol. The third-order valence-electron chi connectivity index (χ3n) is 1.98. The third-order valence-corrected chi connectivity index (χ3v) is 4.82. The number of hydrogen-bond acceptors (Lipinski definition) is 8. The van der Waals surface area contributed by atoms with Gasteiger partial charge < -0.3 is 4.74 Å². The predicted octanol–water partition coefficient (Wildman–Crippen LogP) is 2.64. The molecule has 0 atom stereocenters. The molecule has 6 nitrogen and oxygen atoms in total. The largest absolute Gasteiger partial charge is 0.461 e. The summed E-state index contributed by atoms with van der Waals surface area (Å²) in [6, 6.07) is 1.91. The Balaban J connectivity index is 2.07. The molecule has 0 aromatic carbocycles. The molecule has 108 valence electrons. The van der Waals surface area contributed by atoms with Gasteiger partial charge in [0.1, 0.15) is 5.03 Å². The van der Waals surface area contributed by atoms with E-state index in [2.05, 4.69) is 10.1 Å². The first-order valence-electron chi connectivity index (χ1n) is 5.80. The van der Waals surface area contributed by atoms with E-state index in [0.717, 1.165) is 9.37 Å². The number of ether oxygens (including phenoxy) is 1. The molecule has 0 N–H and O–H groups in total. The van der Waals surface area contributed by atoms with Gasteiger partial charge in [0.05, 0.1) is 24.9 Å². The Morgan fingerprint density at radius 1 is 1.55 bits per heavy atom. The van der Waals surface area contributed by atoms with Crippen molar-refractivity contribution in [3.63, 3.8) is 0 Å². The van der Waals surface area contributed by atoms with Crippen molar-refractivity contribution in [3.05, 3.63) is 23.3 Å². The highest BCUT2D eigenvalue weighted by molar-refractivity contribution is 8.02. The van der Waals surface area contributed by atoms with Crippen LogP contribution in [0.15, 0.2) is 27.0 Å². The van der Waals surface area contributed by atoms with E-state index in [1.165, 1.54) is 35.2 Å². The van der Waals surface area contributed by atoms with Gasteiger partial charge in [0.25, 0.3) is 0 Å². The van der Waals surface area contributed by atoms with Crippen LogP contribution in [0.1, 0.15) is 17.4 Å². The van der Waals surface area contributed by atoms with Gasteiger partial charge in [-0.1, -0.05) is 0 Å². The lowest BCUT2D eigenvalue weighted by Gasteiger charge is -2.09. The summed E-state index contributed by atoms with van der Waals surface area (Å²) < 4.78 is 9.46. The van der Waals surface area contributed by atoms with Crippen LogP contribution >= 0.6 is 35.2 Å². The van der Waals surface area contributed by atoms with E-state index in [1.54, 1.807) is 22.6 Å². The van der Waals surface area contributed by atoms with Crippen molar-refractivity contribution in [1.82, 2.24) is 18.5 Å². The fourth-order valence-corrected chi connectivity index (χ4v) is 3.70. The van der Waals surface area contributed by atoms with Gasteiger partial charge in [0.2, 0.25) is 0 Å². The fraction of sp³-hybridized carbons (Fsp3) is 0.364. The van der Waals surface area contributed by atoms with E-state index in [4.69, 9.17) is 4.74 Å². The molecule has 0 unspecified atom stereocenters. The molecule has 0 saturated carbocycles. The van der Waals surface area contributed by atoms with Gasteiger partial charge in [0, 0.05) is 5.38 Å². The minimum Gasteiger partial charge on any atom is -0.461 e. The number of nitrogens with zero attached hydrogens (tertiary/aromatic N) is 4. The maximum absolute atomic E-state index is 11.6. The quantitative estimate of drug-likeness (QED) is 0.596. The van der Waals surface area contributed by atoms with Crippen molar-refractivity contribution in [3.8, 4) is 0 Å². The zero-order valence-electron chi connectivity index (χ0n) is 11.3. The summed E-state index contributed by atoms with van der Waals surface area (Å²) in [7, 11) is 3.89. The van der Waals surface area contributed by atoms with Crippen molar-refractivity contribution in [1.29, 1.82) is 0 Å². The summed E-state index contributed by atoms with van der Waals surface area (Å²) >= 11 is 4.36. The summed E-state index contributed by atoms with van der Waals surface area (Å²) in [6.07, 6.45) is 1.73. The topological polar surface area (TPSA) is 60.2 Å². The van der Waals surface area contributed by atoms with Gasteiger partial charge in [-0.2, -0.15) is 9.19 Å². The van der Waals surface area contributed by atoms with Crippen molar-refractivity contribution in [2.45, 2.75) is 16.3 Å². The number of esters is 1. The Kier molecular flexibility index (Phi) is 5.46. The fourth-order valence-electron chi connectivity index (χ4n) is 1.26. The number of rotatable bonds is 6. The molecule has 0 bridgehead atoms. The first-order chi connectivity index (χ1) is 9.60. The van der Waals surface area contributed by atoms with Crippen LogP contribution in [0.3, 0.4) is 0 Å². The van der Waals surface area contributed by atoms with Crippen LogP contribution in [-0.2, 0) is 4.74 Å². The highest BCUT2D eigenvalue weighted by Gasteiger charge is 2.14. The van der Waals surface area contributed by atoms with Gasteiger partial charge in [-0.25, -0.2) is 14.1 Å². The molecule has 2 rings (SSSR count). The Bertz CT molecular complexity index is 582.